The molecular weight excluding hydrogens is 495 g/mol. The van der Waals surface area contributed by atoms with Crippen LogP contribution in [0.4, 0.5) is 39.5 Å². The molecule has 1 heterocycles. The summed E-state index contributed by atoms with van der Waals surface area (Å²) in [6, 6.07) is 0. The largest absolute Gasteiger partial charge is 0.458 e. The summed E-state index contributed by atoms with van der Waals surface area (Å²) in [5, 5.41) is 0. The molecule has 0 aromatic rings. The maximum Gasteiger partial charge on any atom is 0.447 e. The van der Waals surface area contributed by atoms with Crippen LogP contribution in [-0.4, -0.2) is 54.2 Å². The first-order valence-corrected chi connectivity index (χ1v) is 10.1. The first-order valence-electron chi connectivity index (χ1n) is 10.1. The second kappa shape index (κ2) is 7.64. The summed E-state index contributed by atoms with van der Waals surface area (Å²) < 4.78 is 132. The number of alkyl halides is 9. The second-order valence-electron chi connectivity index (χ2n) is 9.22. The first kappa shape index (κ1) is 26.4. The van der Waals surface area contributed by atoms with Crippen molar-refractivity contribution in [1.82, 2.24) is 0 Å². The van der Waals surface area contributed by atoms with Crippen molar-refractivity contribution in [2.24, 2.45) is 29.1 Å². The Morgan fingerprint density at radius 1 is 0.941 bits per heavy atom. The van der Waals surface area contributed by atoms with E-state index in [2.05, 4.69) is 4.74 Å². The number of hydrogen-bond acceptors (Lipinski definition) is 6. The van der Waals surface area contributed by atoms with E-state index >= 15 is 0 Å². The lowest BCUT2D eigenvalue weighted by atomic mass is 9.78. The number of hydrogen-bond donors (Lipinski definition) is 0. The molecule has 2 aliphatic carbocycles. The van der Waals surface area contributed by atoms with Gasteiger partial charge in [-0.25, -0.2) is 0 Å². The zero-order valence-corrected chi connectivity index (χ0v) is 17.7. The van der Waals surface area contributed by atoms with Crippen LogP contribution in [0.25, 0.3) is 0 Å². The minimum atomic E-state index is -7.12. The molecule has 1 aliphatic heterocycles. The minimum absolute atomic E-state index is 0.206. The molecule has 2 bridgehead atoms. The topological polar surface area (TPSA) is 78.9 Å². The van der Waals surface area contributed by atoms with Crippen LogP contribution in [0.3, 0.4) is 0 Å². The summed E-state index contributed by atoms with van der Waals surface area (Å²) in [6.45, 7) is 4.57. The maximum absolute atomic E-state index is 13.2. The Labute approximate surface area is 186 Å². The molecule has 194 valence electrons. The molecule has 2 saturated carbocycles. The quantitative estimate of drug-likeness (QED) is 0.312. The van der Waals surface area contributed by atoms with E-state index in [4.69, 9.17) is 9.47 Å². The van der Waals surface area contributed by atoms with Crippen LogP contribution < -0.4 is 0 Å². The van der Waals surface area contributed by atoms with Gasteiger partial charge in [-0.2, -0.15) is 39.5 Å². The summed E-state index contributed by atoms with van der Waals surface area (Å²) >= 11 is 0. The fourth-order valence-electron chi connectivity index (χ4n) is 4.77. The molecule has 1 saturated heterocycles. The van der Waals surface area contributed by atoms with E-state index < -0.39 is 83.3 Å². The number of halogens is 9. The van der Waals surface area contributed by atoms with Crippen molar-refractivity contribution < 1.29 is 68.1 Å². The van der Waals surface area contributed by atoms with Gasteiger partial charge in [0.05, 0.1) is 17.3 Å². The van der Waals surface area contributed by atoms with Crippen LogP contribution >= 0.6 is 0 Å². The summed E-state index contributed by atoms with van der Waals surface area (Å²) in [7, 11) is 0. The maximum atomic E-state index is 13.2. The normalized spacial score (nSPS) is 31.5. The molecular formula is C19H19F9O6. The van der Waals surface area contributed by atoms with Gasteiger partial charge in [0.1, 0.15) is 12.2 Å². The molecule has 0 aromatic carbocycles. The van der Waals surface area contributed by atoms with Gasteiger partial charge in [-0.3, -0.25) is 14.4 Å². The summed E-state index contributed by atoms with van der Waals surface area (Å²) in [5.41, 5.74) is -7.90. The molecule has 34 heavy (non-hydrogen) atoms. The van der Waals surface area contributed by atoms with Gasteiger partial charge in [-0.15, -0.1) is 0 Å². The third kappa shape index (κ3) is 3.60. The molecule has 3 aliphatic rings. The van der Waals surface area contributed by atoms with Gasteiger partial charge in [0.25, 0.3) is 0 Å². The zero-order chi connectivity index (χ0) is 26.2. The molecule has 3 fully saturated rings. The number of carbonyl (C=O) groups excluding carboxylic acids is 3. The Balaban J connectivity index is 1.98. The average Bonchev–Trinajstić information content (AvgIpc) is 3.26. The summed E-state index contributed by atoms with van der Waals surface area (Å²) in [6.07, 6.45) is -23.9. The highest BCUT2D eigenvalue weighted by Crippen LogP contribution is 2.61. The van der Waals surface area contributed by atoms with Gasteiger partial charge in [0.2, 0.25) is 0 Å². The highest BCUT2D eigenvalue weighted by atomic mass is 19.4. The van der Waals surface area contributed by atoms with Crippen LogP contribution in [0.2, 0.25) is 0 Å². The Morgan fingerprint density at radius 3 is 1.88 bits per heavy atom. The van der Waals surface area contributed by atoms with Gasteiger partial charge in [-0.1, -0.05) is 6.92 Å². The predicted molar refractivity (Wildman–Crippen MR) is 89.4 cm³/mol. The lowest BCUT2D eigenvalue weighted by molar-refractivity contribution is -0.447. The van der Waals surface area contributed by atoms with Gasteiger partial charge in [0, 0.05) is 11.8 Å². The van der Waals surface area contributed by atoms with Crippen molar-refractivity contribution in [3.8, 4) is 0 Å². The lowest BCUT2D eigenvalue weighted by Crippen LogP contribution is -2.69. The summed E-state index contributed by atoms with van der Waals surface area (Å²) in [4.78, 5) is 37.2. The van der Waals surface area contributed by atoms with E-state index in [1.54, 1.807) is 6.92 Å². The van der Waals surface area contributed by atoms with Crippen LogP contribution in [0, 0.1) is 29.1 Å². The zero-order valence-electron chi connectivity index (χ0n) is 17.7. The lowest BCUT2D eigenvalue weighted by Gasteiger charge is -2.39. The molecule has 15 heteroatoms. The molecule has 0 amide bonds. The van der Waals surface area contributed by atoms with Crippen molar-refractivity contribution in [2.45, 2.75) is 70.0 Å². The molecule has 6 unspecified atom stereocenters. The molecule has 6 nitrogen and oxygen atoms in total. The summed E-state index contributed by atoms with van der Waals surface area (Å²) in [5.74, 6) is -10.7. The van der Waals surface area contributed by atoms with Crippen LogP contribution in [0.5, 0.6) is 0 Å². The van der Waals surface area contributed by atoms with E-state index in [1.807, 2.05) is 0 Å². The molecule has 6 atom stereocenters. The van der Waals surface area contributed by atoms with E-state index in [1.165, 1.54) is 13.8 Å². The van der Waals surface area contributed by atoms with E-state index in [-0.39, 0.29) is 12.8 Å². The number of fused-ring (bicyclic) bond motifs is 1. The number of carbonyl (C=O) groups is 3. The number of esters is 3. The smallest absolute Gasteiger partial charge is 0.447 e. The number of ether oxygens (including phenoxy) is 3. The molecule has 3 rings (SSSR count). The molecule has 0 aromatic heterocycles. The molecule has 0 spiro atoms. The van der Waals surface area contributed by atoms with Crippen molar-refractivity contribution in [3.05, 3.63) is 0 Å². The SMILES string of the molecule is CCC(C)(C)C(=O)OC1C2CC3C1OC(=O)C3C2C(=O)OC(C(F)(F)F)(C(F)(F)F)C(F)(F)F. The second-order valence-corrected chi connectivity index (χ2v) is 9.22. The van der Waals surface area contributed by atoms with Crippen LogP contribution in [0.1, 0.15) is 33.6 Å². The van der Waals surface area contributed by atoms with Crippen LogP contribution in [-0.2, 0) is 28.6 Å². The van der Waals surface area contributed by atoms with Crippen molar-refractivity contribution in [2.75, 3.05) is 0 Å². The highest BCUT2D eigenvalue weighted by Gasteiger charge is 2.88. The van der Waals surface area contributed by atoms with Crippen molar-refractivity contribution >= 4 is 17.9 Å². The van der Waals surface area contributed by atoms with E-state index in [9.17, 15) is 53.9 Å². The van der Waals surface area contributed by atoms with Crippen LogP contribution in [0.15, 0.2) is 0 Å². The van der Waals surface area contributed by atoms with Gasteiger partial charge in [-0.05, 0) is 26.7 Å². The fourth-order valence-corrected chi connectivity index (χ4v) is 4.77. The fraction of sp³-hybridized carbons (Fsp3) is 0.842. The van der Waals surface area contributed by atoms with Crippen molar-refractivity contribution in [3.63, 3.8) is 0 Å². The third-order valence-electron chi connectivity index (χ3n) is 6.95. The standard InChI is InChI=1S/C19H19F9O6/c1-4-15(2,3)14(31)33-11-7-5-6-8(12(29)32-10(6)11)9(7)13(30)34-16(17(20,21)22,18(23,24)25)19(26,27)28/h6-11H,4-5H2,1-3H3. The monoisotopic (exact) mass is 514 g/mol. The number of rotatable bonds is 5. The van der Waals surface area contributed by atoms with E-state index in [0.717, 1.165) is 0 Å². The average molecular weight is 514 g/mol. The molecule has 0 radical (unpaired) electrons. The minimum Gasteiger partial charge on any atom is -0.458 e. The first-order chi connectivity index (χ1) is 15.2. The Hall–Kier alpha value is -2.22. The van der Waals surface area contributed by atoms with Gasteiger partial charge < -0.3 is 14.2 Å². The van der Waals surface area contributed by atoms with E-state index in [0.29, 0.717) is 0 Å². The Morgan fingerprint density at radius 2 is 1.44 bits per heavy atom. The molecule has 0 N–H and O–H groups in total. The Bertz CT molecular complexity index is 839. The predicted octanol–water partition coefficient (Wildman–Crippen LogP) is 4.11. The van der Waals surface area contributed by atoms with Gasteiger partial charge >= 0.3 is 42.0 Å². The van der Waals surface area contributed by atoms with Crippen molar-refractivity contribution in [1.29, 1.82) is 0 Å². The van der Waals surface area contributed by atoms with Gasteiger partial charge in [0.15, 0.2) is 0 Å². The Kier molecular flexibility index (Phi) is 5.93. The third-order valence-corrected chi connectivity index (χ3v) is 6.95. The highest BCUT2D eigenvalue weighted by molar-refractivity contribution is 5.86.